The van der Waals surface area contributed by atoms with Gasteiger partial charge < -0.3 is 18.9 Å². The minimum Gasteiger partial charge on any atom is -0.452 e. The molecule has 0 N–H and O–H groups in total. The highest BCUT2D eigenvalue weighted by molar-refractivity contribution is 5.82. The SMILES string of the molecule is CC.CC.O=C(CC(OC(c1ccccc1)c1ccccc1)C(=O)OC(c1ccccc1)c1ccccc1)OC(c1ccccc1)c1ccccc1.c1ccc(C(OC(c2ccccc2)c2ccccc2)c2ccccc2)cc1.c1ccc(C(c2ccccc2)c2ccccc2)cc1. The molecule has 6 heteroatoms. The van der Waals surface area contributed by atoms with Gasteiger partial charge in [0.2, 0.25) is 0 Å². The first-order valence-electron chi connectivity index (χ1n) is 33.9. The lowest BCUT2D eigenvalue weighted by molar-refractivity contribution is -0.171. The molecule has 6 nitrogen and oxygen atoms in total. The summed E-state index contributed by atoms with van der Waals surface area (Å²) < 4.78 is 25.8. The summed E-state index contributed by atoms with van der Waals surface area (Å²) in [6.07, 6.45) is -3.96. The van der Waals surface area contributed by atoms with Crippen molar-refractivity contribution in [2.75, 3.05) is 0 Å². The molecule has 0 radical (unpaired) electrons. The number of rotatable bonds is 22. The standard InChI is InChI=1S/C43H36O5.C26H22O.C19H16.2C2H6/c44-39(47-41(34-23-11-3-12-24-34)35-25-13-4-14-26-35)31-38(46-40(32-19-7-1-8-20-32)33-21-9-2-10-22-33)43(45)48-42(36-27-15-5-16-28-36)37-29-17-6-18-30-37;1-5-13-21(14-6-1)25(22-15-7-2-8-16-22)27-26(23-17-9-3-10-18-23)24-19-11-4-12-20-24;1-4-10-16(11-5-1)19(17-12-6-2-7-13-17)18-14-8-3-9-15-18;2*1-2/h1-30,38,40-42H,31H2;1-20,25-26H;1-15,19H;2*1-2H3. The third-order valence-corrected chi connectivity index (χ3v) is 16.1. The Bertz CT molecular complexity index is 3870. The van der Waals surface area contributed by atoms with Gasteiger partial charge in [0.15, 0.2) is 18.3 Å². The van der Waals surface area contributed by atoms with Gasteiger partial charge in [0.25, 0.3) is 0 Å². The Morgan fingerprint density at radius 2 is 0.378 bits per heavy atom. The van der Waals surface area contributed by atoms with Crippen LogP contribution < -0.4 is 0 Å². The van der Waals surface area contributed by atoms with E-state index in [2.05, 4.69) is 188 Å². The zero-order chi connectivity index (χ0) is 68.2. The molecule has 0 aliphatic heterocycles. The maximum atomic E-state index is 14.3. The zero-order valence-electron chi connectivity index (χ0n) is 56.2. The van der Waals surface area contributed by atoms with Gasteiger partial charge in [-0.3, -0.25) is 4.79 Å². The molecule has 0 aromatic heterocycles. The van der Waals surface area contributed by atoms with Crippen molar-refractivity contribution in [2.45, 2.75) is 76.7 Å². The normalized spacial score (nSPS) is 11.0. The Morgan fingerprint density at radius 1 is 0.214 bits per heavy atom. The lowest BCUT2D eigenvalue weighted by atomic mass is 9.85. The monoisotopic (exact) mass is 1290 g/mol. The van der Waals surface area contributed by atoms with Crippen LogP contribution in [0.3, 0.4) is 0 Å². The average molecular weight is 1290 g/mol. The van der Waals surface area contributed by atoms with Gasteiger partial charge in [-0.2, -0.15) is 0 Å². The first-order chi connectivity index (χ1) is 48.5. The predicted octanol–water partition coefficient (Wildman–Crippen LogP) is 22.7. The number of carbonyl (C=O) groups is 2. The molecule has 98 heavy (non-hydrogen) atoms. The summed E-state index contributed by atoms with van der Waals surface area (Å²) in [4.78, 5) is 28.2. The summed E-state index contributed by atoms with van der Waals surface area (Å²) in [6, 6.07) is 131. The molecule has 0 aliphatic rings. The summed E-state index contributed by atoms with van der Waals surface area (Å²) >= 11 is 0. The second-order valence-electron chi connectivity index (χ2n) is 22.6. The van der Waals surface area contributed by atoms with Gasteiger partial charge >= 0.3 is 11.9 Å². The fourth-order valence-electron chi connectivity index (χ4n) is 11.5. The van der Waals surface area contributed by atoms with Crippen LogP contribution in [0.5, 0.6) is 0 Å². The molecule has 490 valence electrons. The summed E-state index contributed by atoms with van der Waals surface area (Å²) in [5, 5.41) is 0. The topological polar surface area (TPSA) is 71.1 Å². The Morgan fingerprint density at radius 3 is 0.582 bits per heavy atom. The van der Waals surface area contributed by atoms with Gasteiger partial charge in [-0.05, 0) is 72.3 Å². The summed E-state index contributed by atoms with van der Waals surface area (Å²) in [5.41, 5.74) is 13.5. The van der Waals surface area contributed by atoms with Gasteiger partial charge in [0.1, 0.15) is 18.3 Å². The molecule has 13 aromatic rings. The molecule has 0 aliphatic carbocycles. The quantitative estimate of drug-likeness (QED) is 0.0497. The van der Waals surface area contributed by atoms with Gasteiger partial charge in [-0.25, -0.2) is 4.79 Å². The van der Waals surface area contributed by atoms with Crippen molar-refractivity contribution in [3.05, 3.63) is 467 Å². The fourth-order valence-corrected chi connectivity index (χ4v) is 11.5. The third-order valence-electron chi connectivity index (χ3n) is 16.1. The van der Waals surface area contributed by atoms with E-state index in [1.54, 1.807) is 0 Å². The average Bonchev–Trinajstić information content (AvgIpc) is 0.873. The van der Waals surface area contributed by atoms with Gasteiger partial charge in [-0.1, -0.05) is 422 Å². The summed E-state index contributed by atoms with van der Waals surface area (Å²) in [6.45, 7) is 8.00. The van der Waals surface area contributed by atoms with Crippen LogP contribution in [0, 0.1) is 0 Å². The molecule has 0 amide bonds. The molecular formula is C92H86O6. The molecule has 0 heterocycles. The Hall–Kier alpha value is -11.3. The number of carbonyl (C=O) groups excluding carboxylic acids is 2. The van der Waals surface area contributed by atoms with E-state index in [1.807, 2.05) is 234 Å². The van der Waals surface area contributed by atoms with Crippen LogP contribution >= 0.6 is 0 Å². The van der Waals surface area contributed by atoms with Crippen molar-refractivity contribution in [3.63, 3.8) is 0 Å². The number of ether oxygens (including phenoxy) is 4. The van der Waals surface area contributed by atoms with Crippen LogP contribution in [0.2, 0.25) is 0 Å². The maximum Gasteiger partial charge on any atom is 0.336 e. The second-order valence-corrected chi connectivity index (χ2v) is 22.6. The molecule has 1 atom stereocenters. The smallest absolute Gasteiger partial charge is 0.336 e. The number of esters is 2. The third kappa shape index (κ3) is 20.9. The summed E-state index contributed by atoms with van der Waals surface area (Å²) in [7, 11) is 0. The molecular weight excluding hydrogens is 1200 g/mol. The molecule has 0 saturated heterocycles. The molecule has 13 rings (SSSR count). The van der Waals surface area contributed by atoms with Crippen LogP contribution in [-0.4, -0.2) is 18.0 Å². The minimum absolute atomic E-state index is 0.141. The van der Waals surface area contributed by atoms with Crippen LogP contribution in [0.25, 0.3) is 0 Å². The highest BCUT2D eigenvalue weighted by Gasteiger charge is 2.34. The van der Waals surface area contributed by atoms with Gasteiger partial charge in [-0.15, -0.1) is 0 Å². The van der Waals surface area contributed by atoms with E-state index in [0.29, 0.717) is 5.92 Å². The molecule has 0 fully saturated rings. The van der Waals surface area contributed by atoms with Crippen LogP contribution in [-0.2, 0) is 28.5 Å². The number of hydrogen-bond acceptors (Lipinski definition) is 6. The second kappa shape index (κ2) is 39.6. The van der Waals surface area contributed by atoms with Crippen molar-refractivity contribution >= 4 is 11.9 Å². The Kier molecular flexibility index (Phi) is 28.7. The molecule has 1 unspecified atom stereocenters. The lowest BCUT2D eigenvalue weighted by Gasteiger charge is -2.27. The zero-order valence-corrected chi connectivity index (χ0v) is 56.2. The molecule has 0 spiro atoms. The van der Waals surface area contributed by atoms with E-state index in [-0.39, 0.29) is 18.6 Å². The molecule has 0 bridgehead atoms. The van der Waals surface area contributed by atoms with E-state index < -0.39 is 36.4 Å². The highest BCUT2D eigenvalue weighted by atomic mass is 16.6. The Balaban J connectivity index is 0.000000188. The van der Waals surface area contributed by atoms with Crippen molar-refractivity contribution < 1.29 is 28.5 Å². The largest absolute Gasteiger partial charge is 0.452 e. The first kappa shape index (κ1) is 71.0. The highest BCUT2D eigenvalue weighted by Crippen LogP contribution is 2.38. The van der Waals surface area contributed by atoms with Crippen LogP contribution in [0.15, 0.2) is 394 Å². The molecule has 13 aromatic carbocycles. The van der Waals surface area contributed by atoms with E-state index in [9.17, 15) is 9.59 Å². The Labute approximate surface area is 580 Å². The van der Waals surface area contributed by atoms with E-state index in [0.717, 1.165) is 55.6 Å². The van der Waals surface area contributed by atoms with E-state index in [4.69, 9.17) is 18.9 Å². The first-order valence-corrected chi connectivity index (χ1v) is 33.9. The van der Waals surface area contributed by atoms with Crippen molar-refractivity contribution in [1.82, 2.24) is 0 Å². The van der Waals surface area contributed by atoms with Crippen molar-refractivity contribution in [3.8, 4) is 0 Å². The lowest BCUT2D eigenvalue weighted by Crippen LogP contribution is -2.33. The minimum atomic E-state index is -1.29. The fraction of sp³-hybridized carbons (Fsp3) is 0.130. The summed E-state index contributed by atoms with van der Waals surface area (Å²) in [5.74, 6) is -0.952. The van der Waals surface area contributed by atoms with Crippen molar-refractivity contribution in [1.29, 1.82) is 0 Å². The number of benzene rings is 13. The van der Waals surface area contributed by atoms with Crippen LogP contribution in [0.4, 0.5) is 0 Å². The predicted molar refractivity (Wildman–Crippen MR) is 399 cm³/mol. The van der Waals surface area contributed by atoms with Crippen LogP contribution in [0.1, 0.15) is 143 Å². The van der Waals surface area contributed by atoms with Gasteiger partial charge in [0.05, 0.1) is 6.42 Å². The van der Waals surface area contributed by atoms with E-state index in [1.165, 1.54) is 16.7 Å². The van der Waals surface area contributed by atoms with Gasteiger partial charge in [0, 0.05) is 5.92 Å². The molecule has 0 saturated carbocycles. The van der Waals surface area contributed by atoms with E-state index >= 15 is 0 Å². The van der Waals surface area contributed by atoms with Crippen molar-refractivity contribution in [2.24, 2.45) is 0 Å². The maximum absolute atomic E-state index is 14.3. The number of hydrogen-bond donors (Lipinski definition) is 0.